The summed E-state index contributed by atoms with van der Waals surface area (Å²) in [6.07, 6.45) is 2.99. The summed E-state index contributed by atoms with van der Waals surface area (Å²) in [4.78, 5) is 10.5. The van der Waals surface area contributed by atoms with Gasteiger partial charge in [-0.2, -0.15) is 0 Å². The molecule has 74 valence electrons. The van der Waals surface area contributed by atoms with Gasteiger partial charge >= 0.3 is 0 Å². The first kappa shape index (κ1) is 10.5. The maximum absolute atomic E-state index is 10.5. The van der Waals surface area contributed by atoms with Crippen LogP contribution in [0.4, 0.5) is 0 Å². The van der Waals surface area contributed by atoms with E-state index in [-0.39, 0.29) is 6.61 Å². The number of carbonyl (C=O) groups is 1. The third kappa shape index (κ3) is 2.71. The summed E-state index contributed by atoms with van der Waals surface area (Å²) in [5, 5.41) is 8.88. The monoisotopic (exact) mass is 191 g/mol. The molecule has 1 amide bonds. The summed E-state index contributed by atoms with van der Waals surface area (Å²) in [5.74, 6) is -0.462. The van der Waals surface area contributed by atoms with Crippen molar-refractivity contribution in [1.82, 2.24) is 0 Å². The van der Waals surface area contributed by atoms with Gasteiger partial charge in [0.25, 0.3) is 0 Å². The molecule has 1 rings (SSSR count). The lowest BCUT2D eigenvalue weighted by Gasteiger charge is -2.02. The van der Waals surface area contributed by atoms with Gasteiger partial charge in [-0.1, -0.05) is 18.2 Å². The van der Waals surface area contributed by atoms with E-state index in [1.54, 1.807) is 6.08 Å². The molecule has 0 fully saturated rings. The summed E-state index contributed by atoms with van der Waals surface area (Å²) in [7, 11) is 0. The largest absolute Gasteiger partial charge is 0.392 e. The zero-order valence-corrected chi connectivity index (χ0v) is 8.03. The number of amides is 1. The van der Waals surface area contributed by atoms with Crippen LogP contribution in [-0.2, 0) is 11.4 Å². The van der Waals surface area contributed by atoms with Crippen molar-refractivity contribution in [2.24, 2.45) is 5.73 Å². The molecule has 0 saturated heterocycles. The molecule has 0 heterocycles. The van der Waals surface area contributed by atoms with Crippen LogP contribution in [0.1, 0.15) is 16.7 Å². The molecule has 0 aromatic heterocycles. The number of aliphatic hydroxyl groups excluding tert-OH is 1. The summed E-state index contributed by atoms with van der Waals surface area (Å²) in [5.41, 5.74) is 7.78. The molecule has 1 aromatic carbocycles. The van der Waals surface area contributed by atoms with Crippen LogP contribution in [0.15, 0.2) is 24.3 Å². The Kier molecular flexibility index (Phi) is 3.42. The SMILES string of the molecule is Cc1cc(CO)ccc1C=CC(N)=O. The Bertz CT molecular complexity index is 370. The summed E-state index contributed by atoms with van der Waals surface area (Å²) >= 11 is 0. The van der Waals surface area contributed by atoms with E-state index >= 15 is 0 Å². The van der Waals surface area contributed by atoms with E-state index in [4.69, 9.17) is 10.8 Å². The predicted molar refractivity (Wildman–Crippen MR) is 55.3 cm³/mol. The number of rotatable bonds is 3. The molecular formula is C11H13NO2. The Morgan fingerprint density at radius 3 is 2.79 bits per heavy atom. The molecule has 0 aliphatic rings. The first-order valence-corrected chi connectivity index (χ1v) is 4.31. The van der Waals surface area contributed by atoms with Crippen molar-refractivity contribution in [3.05, 3.63) is 41.0 Å². The standard InChI is InChI=1S/C11H13NO2/c1-8-6-9(7-13)2-3-10(8)4-5-11(12)14/h2-6,13H,7H2,1H3,(H2,12,14). The fourth-order valence-corrected chi connectivity index (χ4v) is 1.20. The van der Waals surface area contributed by atoms with Crippen LogP contribution in [0.25, 0.3) is 6.08 Å². The van der Waals surface area contributed by atoms with E-state index in [2.05, 4.69) is 0 Å². The minimum absolute atomic E-state index is 0.0284. The Morgan fingerprint density at radius 1 is 1.57 bits per heavy atom. The topological polar surface area (TPSA) is 63.3 Å². The number of hydrogen-bond donors (Lipinski definition) is 2. The summed E-state index contributed by atoms with van der Waals surface area (Å²) in [6, 6.07) is 5.54. The van der Waals surface area contributed by atoms with Gasteiger partial charge in [0.05, 0.1) is 6.61 Å². The van der Waals surface area contributed by atoms with E-state index in [0.717, 1.165) is 16.7 Å². The molecule has 0 aliphatic heterocycles. The zero-order chi connectivity index (χ0) is 10.6. The second-order valence-corrected chi connectivity index (χ2v) is 3.08. The minimum atomic E-state index is -0.462. The lowest BCUT2D eigenvalue weighted by molar-refractivity contribution is -0.113. The number of nitrogens with two attached hydrogens (primary N) is 1. The Morgan fingerprint density at radius 2 is 2.29 bits per heavy atom. The number of hydrogen-bond acceptors (Lipinski definition) is 2. The van der Waals surface area contributed by atoms with Gasteiger partial charge in [0.2, 0.25) is 5.91 Å². The Labute approximate surface area is 82.9 Å². The minimum Gasteiger partial charge on any atom is -0.392 e. The third-order valence-electron chi connectivity index (χ3n) is 1.94. The number of aryl methyl sites for hydroxylation is 1. The lowest BCUT2D eigenvalue weighted by atomic mass is 10.1. The molecule has 3 N–H and O–H groups in total. The Hall–Kier alpha value is -1.61. The molecule has 3 nitrogen and oxygen atoms in total. The molecule has 14 heavy (non-hydrogen) atoms. The maximum atomic E-state index is 10.5. The zero-order valence-electron chi connectivity index (χ0n) is 8.03. The van der Waals surface area contributed by atoms with Gasteiger partial charge < -0.3 is 10.8 Å². The molecule has 0 radical (unpaired) electrons. The van der Waals surface area contributed by atoms with E-state index < -0.39 is 5.91 Å². The van der Waals surface area contributed by atoms with Crippen molar-refractivity contribution in [3.8, 4) is 0 Å². The molecule has 0 aliphatic carbocycles. The maximum Gasteiger partial charge on any atom is 0.241 e. The van der Waals surface area contributed by atoms with Gasteiger partial charge in [0.15, 0.2) is 0 Å². The molecule has 3 heteroatoms. The number of primary amides is 1. The average Bonchev–Trinajstić information content (AvgIpc) is 2.15. The highest BCUT2D eigenvalue weighted by Crippen LogP contribution is 2.12. The summed E-state index contributed by atoms with van der Waals surface area (Å²) < 4.78 is 0. The number of benzene rings is 1. The van der Waals surface area contributed by atoms with E-state index in [1.807, 2.05) is 25.1 Å². The molecule has 0 unspecified atom stereocenters. The fraction of sp³-hybridized carbons (Fsp3) is 0.182. The highest BCUT2D eigenvalue weighted by atomic mass is 16.3. The van der Waals surface area contributed by atoms with E-state index in [9.17, 15) is 4.79 Å². The molecule has 0 atom stereocenters. The molecule has 0 spiro atoms. The van der Waals surface area contributed by atoms with E-state index in [0.29, 0.717) is 0 Å². The highest BCUT2D eigenvalue weighted by molar-refractivity contribution is 5.90. The lowest BCUT2D eigenvalue weighted by Crippen LogP contribution is -2.05. The molecule has 1 aromatic rings. The summed E-state index contributed by atoms with van der Waals surface area (Å²) in [6.45, 7) is 1.94. The smallest absolute Gasteiger partial charge is 0.241 e. The normalized spacial score (nSPS) is 10.7. The number of aliphatic hydroxyl groups is 1. The second kappa shape index (κ2) is 4.58. The first-order chi connectivity index (χ1) is 6.63. The second-order valence-electron chi connectivity index (χ2n) is 3.08. The van der Waals surface area contributed by atoms with Gasteiger partial charge in [0.1, 0.15) is 0 Å². The van der Waals surface area contributed by atoms with Gasteiger partial charge in [-0.05, 0) is 29.7 Å². The quantitative estimate of drug-likeness (QED) is 0.700. The van der Waals surface area contributed by atoms with Crippen molar-refractivity contribution in [2.45, 2.75) is 13.5 Å². The van der Waals surface area contributed by atoms with Crippen molar-refractivity contribution in [2.75, 3.05) is 0 Å². The van der Waals surface area contributed by atoms with Crippen LogP contribution < -0.4 is 5.73 Å². The van der Waals surface area contributed by atoms with Gasteiger partial charge in [-0.15, -0.1) is 0 Å². The van der Waals surface area contributed by atoms with Crippen LogP contribution >= 0.6 is 0 Å². The first-order valence-electron chi connectivity index (χ1n) is 4.31. The molecule has 0 bridgehead atoms. The number of carbonyl (C=O) groups excluding carboxylic acids is 1. The van der Waals surface area contributed by atoms with Gasteiger partial charge in [0, 0.05) is 6.08 Å². The molecular weight excluding hydrogens is 178 g/mol. The highest BCUT2D eigenvalue weighted by Gasteiger charge is 1.96. The van der Waals surface area contributed by atoms with Crippen molar-refractivity contribution in [3.63, 3.8) is 0 Å². The van der Waals surface area contributed by atoms with Crippen molar-refractivity contribution < 1.29 is 9.90 Å². The third-order valence-corrected chi connectivity index (χ3v) is 1.94. The van der Waals surface area contributed by atoms with Gasteiger partial charge in [-0.3, -0.25) is 4.79 Å². The van der Waals surface area contributed by atoms with Crippen LogP contribution in [0.5, 0.6) is 0 Å². The Balaban J connectivity index is 2.94. The average molecular weight is 191 g/mol. The molecule has 0 saturated carbocycles. The van der Waals surface area contributed by atoms with Crippen LogP contribution in [-0.4, -0.2) is 11.0 Å². The fourth-order valence-electron chi connectivity index (χ4n) is 1.20. The van der Waals surface area contributed by atoms with E-state index in [1.165, 1.54) is 6.08 Å². The van der Waals surface area contributed by atoms with Gasteiger partial charge in [-0.25, -0.2) is 0 Å². The predicted octanol–water partition coefficient (Wildman–Crippen LogP) is 0.986. The van der Waals surface area contributed by atoms with Crippen LogP contribution in [0.3, 0.4) is 0 Å². The van der Waals surface area contributed by atoms with Crippen LogP contribution in [0, 0.1) is 6.92 Å². The van der Waals surface area contributed by atoms with Crippen LogP contribution in [0.2, 0.25) is 0 Å². The van der Waals surface area contributed by atoms with Crippen molar-refractivity contribution in [1.29, 1.82) is 0 Å². The van der Waals surface area contributed by atoms with Crippen molar-refractivity contribution >= 4 is 12.0 Å².